The standard InChI is InChI=1S/C46H29N3S2/c1-2-11-30(12-3-1)34-15-8-16-36(29-34)49(41-21-10-19-39-38-18-6-7-22-42(38)50-44(39)41)35-27-25-33(26-28-35)45-47-46(51-48-45)40-20-9-14-32-24-23-31-13-4-5-17-37(31)43(32)40/h1-29H. The third kappa shape index (κ3) is 5.18. The molecule has 2 heterocycles. The fourth-order valence-corrected chi connectivity index (χ4v) is 9.16. The lowest BCUT2D eigenvalue weighted by Gasteiger charge is -2.26. The van der Waals surface area contributed by atoms with Crippen molar-refractivity contribution in [3.8, 4) is 33.1 Å². The van der Waals surface area contributed by atoms with E-state index in [4.69, 9.17) is 9.36 Å². The van der Waals surface area contributed by atoms with Crippen molar-refractivity contribution >= 4 is 81.6 Å². The van der Waals surface area contributed by atoms with Gasteiger partial charge in [0.2, 0.25) is 0 Å². The van der Waals surface area contributed by atoms with Crippen LogP contribution < -0.4 is 4.90 Å². The lowest BCUT2D eigenvalue weighted by molar-refractivity contribution is 1.29. The van der Waals surface area contributed by atoms with Crippen LogP contribution in [0.2, 0.25) is 0 Å². The molecule has 10 rings (SSSR count). The van der Waals surface area contributed by atoms with Crippen LogP contribution in [0.25, 0.3) is 74.8 Å². The Morgan fingerprint density at radius 2 is 1.18 bits per heavy atom. The van der Waals surface area contributed by atoms with Crippen molar-refractivity contribution in [3.05, 3.63) is 176 Å². The lowest BCUT2D eigenvalue weighted by atomic mass is 9.98. The molecule has 0 spiro atoms. The van der Waals surface area contributed by atoms with Crippen molar-refractivity contribution in [2.45, 2.75) is 0 Å². The molecule has 0 aliphatic heterocycles. The molecule has 0 atom stereocenters. The molecule has 0 unspecified atom stereocenters. The Bertz CT molecular complexity index is 2870. The zero-order valence-corrected chi connectivity index (χ0v) is 29.0. The number of thiophene rings is 1. The summed E-state index contributed by atoms with van der Waals surface area (Å²) in [6, 6.07) is 62.9. The predicted octanol–water partition coefficient (Wildman–Crippen LogP) is 13.7. The highest BCUT2D eigenvalue weighted by Gasteiger charge is 2.20. The Morgan fingerprint density at radius 1 is 0.471 bits per heavy atom. The average molecular weight is 688 g/mol. The molecule has 10 aromatic rings. The first kappa shape index (κ1) is 29.7. The van der Waals surface area contributed by atoms with E-state index in [9.17, 15) is 0 Å². The van der Waals surface area contributed by atoms with E-state index in [1.165, 1.54) is 64.4 Å². The molecule has 0 amide bonds. The first-order valence-electron chi connectivity index (χ1n) is 17.0. The normalized spacial score (nSPS) is 11.5. The smallest absolute Gasteiger partial charge is 0.173 e. The van der Waals surface area contributed by atoms with Crippen molar-refractivity contribution in [1.29, 1.82) is 0 Å². The molecule has 0 saturated heterocycles. The number of hydrogen-bond donors (Lipinski definition) is 0. The molecular formula is C46H29N3S2. The van der Waals surface area contributed by atoms with Gasteiger partial charge in [-0.3, -0.25) is 0 Å². The third-order valence-electron chi connectivity index (χ3n) is 9.65. The third-order valence-corrected chi connectivity index (χ3v) is 11.6. The van der Waals surface area contributed by atoms with Crippen LogP contribution in [-0.2, 0) is 0 Å². The molecule has 51 heavy (non-hydrogen) atoms. The molecule has 0 bridgehead atoms. The molecule has 0 aliphatic rings. The number of fused-ring (bicyclic) bond motifs is 6. The molecule has 240 valence electrons. The van der Waals surface area contributed by atoms with E-state index >= 15 is 0 Å². The molecule has 0 saturated carbocycles. The summed E-state index contributed by atoms with van der Waals surface area (Å²) in [5.74, 6) is 0.739. The fourth-order valence-electron chi connectivity index (χ4n) is 7.24. The SMILES string of the molecule is c1ccc(-c2cccc(N(c3ccc(-c4nsc(-c5cccc6ccc7ccccc7c56)n4)cc3)c3cccc4c3sc3ccccc34)c2)cc1. The quantitative estimate of drug-likeness (QED) is 0.163. The van der Waals surface area contributed by atoms with Gasteiger partial charge in [-0.25, -0.2) is 4.98 Å². The Morgan fingerprint density at radius 3 is 2.08 bits per heavy atom. The predicted molar refractivity (Wildman–Crippen MR) is 219 cm³/mol. The Hall–Kier alpha value is -6.14. The van der Waals surface area contributed by atoms with Gasteiger partial charge in [0.25, 0.3) is 0 Å². The van der Waals surface area contributed by atoms with E-state index in [1.54, 1.807) is 0 Å². The van der Waals surface area contributed by atoms with E-state index < -0.39 is 0 Å². The van der Waals surface area contributed by atoms with E-state index in [0.717, 1.165) is 39.0 Å². The number of anilines is 3. The van der Waals surface area contributed by atoms with Crippen LogP contribution in [0.5, 0.6) is 0 Å². The van der Waals surface area contributed by atoms with Gasteiger partial charge in [-0.05, 0) is 92.7 Å². The van der Waals surface area contributed by atoms with Gasteiger partial charge in [0.1, 0.15) is 5.01 Å². The molecule has 0 radical (unpaired) electrons. The van der Waals surface area contributed by atoms with Crippen molar-refractivity contribution in [2.75, 3.05) is 4.90 Å². The van der Waals surface area contributed by atoms with Crippen LogP contribution in [0.1, 0.15) is 0 Å². The highest BCUT2D eigenvalue weighted by atomic mass is 32.1. The van der Waals surface area contributed by atoms with Crippen LogP contribution in [0, 0.1) is 0 Å². The Kier molecular flexibility index (Phi) is 7.19. The molecule has 2 aromatic heterocycles. The minimum atomic E-state index is 0.739. The van der Waals surface area contributed by atoms with Gasteiger partial charge < -0.3 is 4.90 Å². The van der Waals surface area contributed by atoms with Gasteiger partial charge in [0.15, 0.2) is 5.82 Å². The van der Waals surface area contributed by atoms with Gasteiger partial charge in [-0.15, -0.1) is 11.3 Å². The highest BCUT2D eigenvalue weighted by molar-refractivity contribution is 7.26. The van der Waals surface area contributed by atoms with Crippen molar-refractivity contribution in [2.24, 2.45) is 0 Å². The molecule has 5 heteroatoms. The van der Waals surface area contributed by atoms with Gasteiger partial charge in [-0.2, -0.15) is 4.37 Å². The second-order valence-electron chi connectivity index (χ2n) is 12.7. The number of benzene rings is 8. The first-order chi connectivity index (χ1) is 25.3. The Labute approximate surface area is 303 Å². The summed E-state index contributed by atoms with van der Waals surface area (Å²) in [5.41, 5.74) is 7.81. The van der Waals surface area contributed by atoms with Crippen LogP contribution in [0.15, 0.2) is 176 Å². The van der Waals surface area contributed by atoms with Crippen LogP contribution in [0.3, 0.4) is 0 Å². The molecule has 0 N–H and O–H groups in total. The molecule has 0 fully saturated rings. The fraction of sp³-hybridized carbons (Fsp3) is 0. The van der Waals surface area contributed by atoms with Gasteiger partial charge in [0, 0.05) is 38.0 Å². The summed E-state index contributed by atoms with van der Waals surface area (Å²) in [4.78, 5) is 7.49. The van der Waals surface area contributed by atoms with Gasteiger partial charge in [0.05, 0.1) is 10.4 Å². The summed E-state index contributed by atoms with van der Waals surface area (Å²) in [6.45, 7) is 0. The monoisotopic (exact) mass is 687 g/mol. The summed E-state index contributed by atoms with van der Waals surface area (Å²) < 4.78 is 7.42. The molecule has 3 nitrogen and oxygen atoms in total. The molecule has 8 aromatic carbocycles. The minimum absolute atomic E-state index is 0.739. The second-order valence-corrected chi connectivity index (χ2v) is 14.5. The number of aromatic nitrogens is 2. The molecular weight excluding hydrogens is 659 g/mol. The average Bonchev–Trinajstić information content (AvgIpc) is 3.85. The van der Waals surface area contributed by atoms with Crippen molar-refractivity contribution in [3.63, 3.8) is 0 Å². The maximum atomic E-state index is 5.10. The van der Waals surface area contributed by atoms with Crippen molar-refractivity contribution in [1.82, 2.24) is 9.36 Å². The lowest BCUT2D eigenvalue weighted by Crippen LogP contribution is -2.10. The molecule has 0 aliphatic carbocycles. The van der Waals surface area contributed by atoms with E-state index in [2.05, 4.69) is 181 Å². The summed E-state index contributed by atoms with van der Waals surface area (Å²) >= 11 is 3.31. The van der Waals surface area contributed by atoms with E-state index in [0.29, 0.717) is 0 Å². The largest absolute Gasteiger partial charge is 0.309 e. The number of nitrogens with zero attached hydrogens (tertiary/aromatic N) is 3. The van der Waals surface area contributed by atoms with Crippen LogP contribution >= 0.6 is 22.9 Å². The number of hydrogen-bond acceptors (Lipinski definition) is 5. The maximum Gasteiger partial charge on any atom is 0.173 e. The maximum absolute atomic E-state index is 5.10. The van der Waals surface area contributed by atoms with Crippen LogP contribution in [0.4, 0.5) is 17.1 Å². The first-order valence-corrected chi connectivity index (χ1v) is 18.6. The second kappa shape index (κ2) is 12.3. The summed E-state index contributed by atoms with van der Waals surface area (Å²) in [6.07, 6.45) is 0. The zero-order chi connectivity index (χ0) is 33.7. The minimum Gasteiger partial charge on any atom is -0.309 e. The van der Waals surface area contributed by atoms with Gasteiger partial charge in [-0.1, -0.05) is 127 Å². The summed E-state index contributed by atoms with van der Waals surface area (Å²) in [5, 5.41) is 8.37. The number of rotatable bonds is 6. The summed E-state index contributed by atoms with van der Waals surface area (Å²) in [7, 11) is 0. The van der Waals surface area contributed by atoms with Gasteiger partial charge >= 0.3 is 0 Å². The highest BCUT2D eigenvalue weighted by Crippen LogP contribution is 2.45. The Balaban J connectivity index is 1.08. The topological polar surface area (TPSA) is 29.0 Å². The zero-order valence-electron chi connectivity index (χ0n) is 27.4. The van der Waals surface area contributed by atoms with Crippen LogP contribution in [-0.4, -0.2) is 9.36 Å². The van der Waals surface area contributed by atoms with E-state index in [-0.39, 0.29) is 0 Å². The van der Waals surface area contributed by atoms with E-state index in [1.807, 2.05) is 11.3 Å². The van der Waals surface area contributed by atoms with Crippen molar-refractivity contribution < 1.29 is 0 Å².